The Labute approximate surface area is 98.7 Å². The van der Waals surface area contributed by atoms with Crippen LogP contribution in [0.2, 0.25) is 0 Å². The second kappa shape index (κ2) is 5.51. The van der Waals surface area contributed by atoms with E-state index in [1.165, 1.54) is 0 Å². The molecule has 94 valence electrons. The zero-order valence-electron chi connectivity index (χ0n) is 9.07. The lowest BCUT2D eigenvalue weighted by atomic mass is 10.3. The molecule has 7 heteroatoms. The summed E-state index contributed by atoms with van der Waals surface area (Å²) in [5.74, 6) is 1.25. The third-order valence-electron chi connectivity index (χ3n) is 2.02. The van der Waals surface area contributed by atoms with Crippen LogP contribution in [0, 0.1) is 0 Å². The van der Waals surface area contributed by atoms with E-state index in [9.17, 15) is 9.46 Å². The smallest absolute Gasteiger partial charge is 0.472 e. The fourth-order valence-electron chi connectivity index (χ4n) is 1.32. The van der Waals surface area contributed by atoms with Gasteiger partial charge in [0.2, 0.25) is 0 Å². The summed E-state index contributed by atoms with van der Waals surface area (Å²) in [7, 11) is -3.99. The van der Waals surface area contributed by atoms with Crippen LogP contribution in [0.5, 0.6) is 11.5 Å². The highest BCUT2D eigenvalue weighted by atomic mass is 31.2. The lowest BCUT2D eigenvalue weighted by Crippen LogP contribution is -2.11. The molecule has 1 aliphatic heterocycles. The van der Waals surface area contributed by atoms with Gasteiger partial charge in [-0.15, -0.1) is 0 Å². The number of rotatable bonds is 0. The van der Waals surface area contributed by atoms with Crippen LogP contribution >= 0.6 is 7.82 Å². The van der Waals surface area contributed by atoms with Crippen LogP contribution in [-0.2, 0) is 13.6 Å². The molecule has 1 aliphatic rings. The molecule has 1 aromatic carbocycles. The van der Waals surface area contributed by atoms with Crippen LogP contribution in [0.25, 0.3) is 0 Å². The van der Waals surface area contributed by atoms with Crippen LogP contribution in [-0.4, -0.2) is 31.3 Å². The lowest BCUT2D eigenvalue weighted by Gasteiger charge is -2.15. The van der Waals surface area contributed by atoms with E-state index >= 15 is 0 Å². The summed E-state index contributed by atoms with van der Waals surface area (Å²) in [6, 6.07) is 7.08. The predicted molar refractivity (Wildman–Crippen MR) is 59.2 cm³/mol. The molecular weight excluding hydrogens is 247 g/mol. The van der Waals surface area contributed by atoms with Crippen molar-refractivity contribution < 1.29 is 28.0 Å². The van der Waals surface area contributed by atoms with E-state index in [4.69, 9.17) is 9.47 Å². The fourth-order valence-corrected chi connectivity index (χ4v) is 2.00. The van der Waals surface area contributed by atoms with E-state index < -0.39 is 7.82 Å². The molecule has 0 atom stereocenters. The van der Waals surface area contributed by atoms with Crippen LogP contribution in [0.4, 0.5) is 0 Å². The molecule has 1 aromatic rings. The summed E-state index contributed by atoms with van der Waals surface area (Å²) in [5.41, 5.74) is 0. The minimum absolute atomic E-state index is 0.0150. The van der Waals surface area contributed by atoms with Crippen LogP contribution in [0.15, 0.2) is 24.3 Å². The predicted octanol–water partition coefficient (Wildman–Crippen LogP) is 1.59. The summed E-state index contributed by atoms with van der Waals surface area (Å²) in [4.78, 5) is 9.22. The molecule has 1 N–H and O–H groups in total. The van der Waals surface area contributed by atoms with Crippen LogP contribution in [0.1, 0.15) is 0 Å². The summed E-state index contributed by atoms with van der Waals surface area (Å²) >= 11 is 0. The number of fused-ring (bicyclic) bond motifs is 2. The Hall–Kier alpha value is -1.07. The number of ether oxygens (including phenoxy) is 2. The van der Waals surface area contributed by atoms with Gasteiger partial charge in [0.1, 0.15) is 24.7 Å². The second-order valence-corrected chi connectivity index (χ2v) is 4.76. The summed E-state index contributed by atoms with van der Waals surface area (Å²) in [5, 5.41) is 0. The Kier molecular flexibility index (Phi) is 4.02. The zero-order chi connectivity index (χ0) is 12.1. The summed E-state index contributed by atoms with van der Waals surface area (Å²) in [6.07, 6.45) is 0. The van der Waals surface area contributed by atoms with Crippen molar-refractivity contribution in [2.45, 2.75) is 0 Å². The van der Waals surface area contributed by atoms with Crippen molar-refractivity contribution in [3.63, 3.8) is 0 Å². The molecule has 0 unspecified atom stereocenters. The number of hydrogen-bond acceptors (Lipinski definition) is 5. The Morgan fingerprint density at radius 3 is 2.06 bits per heavy atom. The normalized spacial score (nSPS) is 20.3. The highest BCUT2D eigenvalue weighted by Crippen LogP contribution is 2.42. The SMILES string of the molecule is O=P1(O)OCCOc2cccc(c2)OCCO1. The molecule has 1 heterocycles. The minimum atomic E-state index is -3.99. The van der Waals surface area contributed by atoms with Gasteiger partial charge in [-0.2, -0.15) is 0 Å². The van der Waals surface area contributed by atoms with Crippen LogP contribution in [0.3, 0.4) is 0 Å². The molecule has 2 bridgehead atoms. The molecule has 0 saturated heterocycles. The van der Waals surface area contributed by atoms with Gasteiger partial charge >= 0.3 is 7.82 Å². The number of phosphoric ester groups is 1. The quantitative estimate of drug-likeness (QED) is 0.714. The number of phosphoric acid groups is 1. The first-order valence-electron chi connectivity index (χ1n) is 5.13. The first-order valence-corrected chi connectivity index (χ1v) is 6.63. The van der Waals surface area contributed by atoms with E-state index in [1.54, 1.807) is 24.3 Å². The fraction of sp³-hybridized carbons (Fsp3) is 0.400. The molecule has 2 rings (SSSR count). The molecule has 0 aliphatic carbocycles. The molecule has 0 spiro atoms. The van der Waals surface area contributed by atoms with E-state index in [1.807, 2.05) is 0 Å². The average molecular weight is 260 g/mol. The Morgan fingerprint density at radius 1 is 1.00 bits per heavy atom. The third-order valence-corrected chi connectivity index (χ3v) is 3.04. The standard InChI is InChI=1S/C10H13O6P/c11-17(12)15-6-4-13-9-2-1-3-10(8-9)14-5-7-16-17/h1-3,8H,4-7H2,(H,11,12). The van der Waals surface area contributed by atoms with Crippen molar-refractivity contribution in [1.29, 1.82) is 0 Å². The van der Waals surface area contributed by atoms with Gasteiger partial charge < -0.3 is 14.4 Å². The molecule has 6 nitrogen and oxygen atoms in total. The summed E-state index contributed by atoms with van der Waals surface area (Å²) in [6.45, 7) is 0.298. The molecule has 0 saturated carbocycles. The molecular formula is C10H13O6P. The van der Waals surface area contributed by atoms with Crippen molar-refractivity contribution in [2.24, 2.45) is 0 Å². The Morgan fingerprint density at radius 2 is 1.53 bits per heavy atom. The van der Waals surface area contributed by atoms with E-state index in [2.05, 4.69) is 9.05 Å². The third kappa shape index (κ3) is 4.02. The summed E-state index contributed by atoms with van der Waals surface area (Å²) < 4.78 is 31.3. The van der Waals surface area contributed by atoms with Gasteiger partial charge in [0, 0.05) is 6.07 Å². The van der Waals surface area contributed by atoms with E-state index in [0.29, 0.717) is 11.5 Å². The monoisotopic (exact) mass is 260 g/mol. The second-order valence-electron chi connectivity index (χ2n) is 3.31. The van der Waals surface area contributed by atoms with Gasteiger partial charge in [0.25, 0.3) is 0 Å². The van der Waals surface area contributed by atoms with Crippen molar-refractivity contribution in [1.82, 2.24) is 0 Å². The topological polar surface area (TPSA) is 74.2 Å². The minimum Gasteiger partial charge on any atom is -0.491 e. The number of hydrogen-bond donors (Lipinski definition) is 1. The molecule has 17 heavy (non-hydrogen) atoms. The zero-order valence-corrected chi connectivity index (χ0v) is 9.97. The molecule has 0 aromatic heterocycles. The lowest BCUT2D eigenvalue weighted by molar-refractivity contribution is 0.112. The van der Waals surface area contributed by atoms with E-state index in [-0.39, 0.29) is 26.4 Å². The van der Waals surface area contributed by atoms with Gasteiger partial charge in [-0.1, -0.05) is 6.07 Å². The maximum atomic E-state index is 11.3. The Balaban J connectivity index is 2.05. The van der Waals surface area contributed by atoms with E-state index in [0.717, 1.165) is 0 Å². The first-order chi connectivity index (χ1) is 8.16. The maximum Gasteiger partial charge on any atom is 0.472 e. The van der Waals surface area contributed by atoms with Gasteiger partial charge in [-0.3, -0.25) is 9.05 Å². The van der Waals surface area contributed by atoms with Crippen molar-refractivity contribution in [3.05, 3.63) is 24.3 Å². The van der Waals surface area contributed by atoms with Crippen molar-refractivity contribution in [2.75, 3.05) is 26.4 Å². The van der Waals surface area contributed by atoms with Crippen LogP contribution < -0.4 is 9.47 Å². The van der Waals surface area contributed by atoms with Gasteiger partial charge in [0.15, 0.2) is 0 Å². The molecule has 0 amide bonds. The Bertz CT molecular complexity index is 390. The van der Waals surface area contributed by atoms with Gasteiger partial charge in [0.05, 0.1) is 13.2 Å². The maximum absolute atomic E-state index is 11.3. The average Bonchev–Trinajstić information content (AvgIpc) is 2.30. The molecule has 0 radical (unpaired) electrons. The largest absolute Gasteiger partial charge is 0.491 e. The first kappa shape index (κ1) is 12.4. The van der Waals surface area contributed by atoms with Gasteiger partial charge in [-0.25, -0.2) is 4.57 Å². The van der Waals surface area contributed by atoms with Crippen molar-refractivity contribution in [3.8, 4) is 11.5 Å². The number of benzene rings is 1. The molecule has 0 fully saturated rings. The highest BCUT2D eigenvalue weighted by molar-refractivity contribution is 7.47. The van der Waals surface area contributed by atoms with Crippen molar-refractivity contribution >= 4 is 7.82 Å². The van der Waals surface area contributed by atoms with Gasteiger partial charge in [-0.05, 0) is 12.1 Å². The highest BCUT2D eigenvalue weighted by Gasteiger charge is 2.20.